The first-order valence-electron chi connectivity index (χ1n) is 18.3. The molecule has 0 aromatic rings. The number of carbonyl (C=O) groups excluding carboxylic acids is 5. The maximum Gasteiger partial charge on any atom is 0.407 e. The van der Waals surface area contributed by atoms with Crippen molar-refractivity contribution in [1.29, 1.82) is 0 Å². The van der Waals surface area contributed by atoms with Gasteiger partial charge in [0.2, 0.25) is 5.91 Å². The Labute approximate surface area is 320 Å². The summed E-state index contributed by atoms with van der Waals surface area (Å²) < 4.78 is 23.3. The molecule has 1 heterocycles. The summed E-state index contributed by atoms with van der Waals surface area (Å²) in [6.07, 6.45) is 2.46. The zero-order valence-electron chi connectivity index (χ0n) is 33.3. The Balaban J connectivity index is -0.000000290. The van der Waals surface area contributed by atoms with Crippen LogP contribution >= 0.6 is 0 Å². The number of ether oxygens (including phenoxy) is 5. The summed E-state index contributed by atoms with van der Waals surface area (Å²) in [4.78, 5) is 54.8. The van der Waals surface area contributed by atoms with Crippen LogP contribution in [-0.2, 0) is 28.5 Å². The molecule has 0 saturated carbocycles. The summed E-state index contributed by atoms with van der Waals surface area (Å²) >= 11 is 0. The van der Waals surface area contributed by atoms with Gasteiger partial charge in [-0.05, 0) is 46.5 Å². The highest BCUT2D eigenvalue weighted by atomic mass is 16.6. The van der Waals surface area contributed by atoms with Crippen molar-refractivity contribution in [3.8, 4) is 0 Å². The molecule has 9 N–H and O–H groups in total. The Bertz CT molecular complexity index is 904. The fraction of sp³-hybridized carbons (Fsp3) is 0.824. The van der Waals surface area contributed by atoms with E-state index in [1.54, 1.807) is 20.8 Å². The number of hydrogen-bond donors (Lipinski definition) is 9. The van der Waals surface area contributed by atoms with Crippen molar-refractivity contribution >= 4 is 30.3 Å². The van der Waals surface area contributed by atoms with Crippen LogP contribution in [0.1, 0.15) is 87.0 Å². The predicted octanol–water partition coefficient (Wildman–Crippen LogP) is 1.36. The molecule has 0 spiro atoms. The van der Waals surface area contributed by atoms with Gasteiger partial charge in [-0.2, -0.15) is 0 Å². The third kappa shape index (κ3) is 46.3. The Morgan fingerprint density at radius 2 is 1.15 bits per heavy atom. The molecule has 1 fully saturated rings. The molecule has 54 heavy (non-hydrogen) atoms. The fourth-order valence-electron chi connectivity index (χ4n) is 2.77. The first-order valence-corrected chi connectivity index (χ1v) is 18.3. The van der Waals surface area contributed by atoms with Gasteiger partial charge in [0.25, 0.3) is 0 Å². The molecule has 1 aliphatic rings. The van der Waals surface area contributed by atoms with Crippen LogP contribution in [0, 0.1) is 6.73 Å². The number of nitrogens with one attached hydrogen (secondary N) is 4. The number of rotatable bonds is 20. The first kappa shape index (κ1) is 57.0. The number of aliphatic hydroxyl groups is 5. The smallest absolute Gasteiger partial charge is 0.407 e. The fourth-order valence-corrected chi connectivity index (χ4v) is 2.77. The van der Waals surface area contributed by atoms with Crippen LogP contribution in [0.2, 0.25) is 0 Å². The summed E-state index contributed by atoms with van der Waals surface area (Å²) in [5, 5.41) is 52.6. The van der Waals surface area contributed by atoms with E-state index in [9.17, 15) is 24.0 Å². The highest BCUT2D eigenvalue weighted by Crippen LogP contribution is 2.03. The van der Waals surface area contributed by atoms with Gasteiger partial charge in [-0.1, -0.05) is 40.5 Å². The quantitative estimate of drug-likeness (QED) is 0.0478. The number of β-amino-alcohol motifs (C(OH)–C–C–N with tert-alkyl or cyclic N) is 1. The van der Waals surface area contributed by atoms with Gasteiger partial charge in [-0.3, -0.25) is 4.79 Å². The average Bonchev–Trinajstić information content (AvgIpc) is 3.56. The Kier molecular flexibility index (Phi) is 46.2. The molecular weight excluding hydrogens is 718 g/mol. The summed E-state index contributed by atoms with van der Waals surface area (Å²) in [6, 6.07) is 0. The molecule has 0 aromatic heterocycles. The second-order valence-electron chi connectivity index (χ2n) is 11.2. The number of hydrogen-bond acceptors (Lipinski definition) is 15. The van der Waals surface area contributed by atoms with Crippen molar-refractivity contribution in [3.05, 3.63) is 6.73 Å². The van der Waals surface area contributed by atoms with E-state index in [2.05, 4.69) is 35.5 Å². The van der Waals surface area contributed by atoms with E-state index in [-0.39, 0.29) is 52.2 Å². The van der Waals surface area contributed by atoms with Crippen LogP contribution in [0.15, 0.2) is 0 Å². The number of unbranched alkanes of at least 4 members (excludes halogenated alkanes) is 2. The van der Waals surface area contributed by atoms with Gasteiger partial charge in [0.1, 0.15) is 25.4 Å². The van der Waals surface area contributed by atoms with Gasteiger partial charge >= 0.3 is 24.4 Å². The minimum Gasteiger partial charge on any atom is -0.525 e. The lowest BCUT2D eigenvalue weighted by molar-refractivity contribution is -0.126. The van der Waals surface area contributed by atoms with E-state index in [1.807, 2.05) is 27.7 Å². The molecule has 0 aliphatic carbocycles. The molecule has 322 valence electrons. The SMILES string of the molecule is CCCCNC(=O)OC(C)CO.CCCCNC(=O)OCCO.CCCNC(=O)OC(C)CO.CCCNC(=O)OCC(C)O.O=C1CO[CH-]N1CCO. The summed E-state index contributed by atoms with van der Waals surface area (Å²) in [7, 11) is 0. The highest BCUT2D eigenvalue weighted by Gasteiger charge is 2.10. The third-order valence-corrected chi connectivity index (χ3v) is 5.62. The van der Waals surface area contributed by atoms with Gasteiger partial charge in [0.05, 0.1) is 39.1 Å². The van der Waals surface area contributed by atoms with Gasteiger partial charge in [-0.25, -0.2) is 19.2 Å². The monoisotopic (exact) mass is 788 g/mol. The van der Waals surface area contributed by atoms with Crippen molar-refractivity contribution in [3.63, 3.8) is 0 Å². The largest absolute Gasteiger partial charge is 0.525 e. The van der Waals surface area contributed by atoms with Crippen LogP contribution in [-0.4, -0.2) is 158 Å². The lowest BCUT2D eigenvalue weighted by Gasteiger charge is -2.21. The van der Waals surface area contributed by atoms with E-state index in [4.69, 9.17) is 35.0 Å². The number of nitrogens with zero attached hydrogens (tertiary/aromatic N) is 1. The number of carbonyl (C=O) groups is 5. The molecule has 20 heteroatoms. The average molecular weight is 789 g/mol. The van der Waals surface area contributed by atoms with Crippen molar-refractivity contribution in [2.75, 3.05) is 79.0 Å². The van der Waals surface area contributed by atoms with Gasteiger partial charge < -0.3 is 75.4 Å². The summed E-state index contributed by atoms with van der Waals surface area (Å²) in [5.74, 6) is -0.0935. The summed E-state index contributed by atoms with van der Waals surface area (Å²) in [6.45, 7) is 16.8. The van der Waals surface area contributed by atoms with Gasteiger partial charge in [-0.15, -0.1) is 6.73 Å². The van der Waals surface area contributed by atoms with Crippen LogP contribution in [0.5, 0.6) is 0 Å². The van der Waals surface area contributed by atoms with Crippen LogP contribution in [0.4, 0.5) is 19.2 Å². The predicted molar refractivity (Wildman–Crippen MR) is 199 cm³/mol. The Hall–Kier alpha value is -3.69. The van der Waals surface area contributed by atoms with Gasteiger partial charge in [0, 0.05) is 32.7 Å². The minimum atomic E-state index is -0.595. The normalized spacial score (nSPS) is 12.8. The third-order valence-electron chi connectivity index (χ3n) is 5.62. The molecule has 1 saturated heterocycles. The number of amides is 5. The van der Waals surface area contributed by atoms with E-state index in [1.165, 1.54) is 11.6 Å². The molecule has 3 atom stereocenters. The lowest BCUT2D eigenvalue weighted by atomic mass is 10.3. The second kappa shape index (κ2) is 43.7. The zero-order valence-corrected chi connectivity index (χ0v) is 33.3. The van der Waals surface area contributed by atoms with Gasteiger partial charge in [0.15, 0.2) is 0 Å². The molecule has 0 radical (unpaired) electrons. The zero-order chi connectivity index (χ0) is 42.0. The molecule has 0 bridgehead atoms. The molecule has 0 aromatic carbocycles. The summed E-state index contributed by atoms with van der Waals surface area (Å²) in [5.41, 5.74) is 0. The lowest BCUT2D eigenvalue weighted by Crippen LogP contribution is -2.29. The molecule has 5 amide bonds. The Morgan fingerprint density at radius 1 is 0.704 bits per heavy atom. The maximum absolute atomic E-state index is 10.8. The first-order chi connectivity index (χ1) is 25.7. The number of aliphatic hydroxyl groups excluding tert-OH is 5. The van der Waals surface area contributed by atoms with Crippen LogP contribution in [0.25, 0.3) is 0 Å². The van der Waals surface area contributed by atoms with Crippen molar-refractivity contribution in [2.45, 2.75) is 105 Å². The van der Waals surface area contributed by atoms with Crippen LogP contribution < -0.4 is 21.3 Å². The molecule has 1 rings (SSSR count). The molecular formula is C34H70N5O15-. The second-order valence-corrected chi connectivity index (χ2v) is 11.2. The van der Waals surface area contributed by atoms with E-state index < -0.39 is 42.7 Å². The molecule has 20 nitrogen and oxygen atoms in total. The highest BCUT2D eigenvalue weighted by molar-refractivity contribution is 5.79. The number of alkyl carbamates (subject to hydrolysis) is 4. The molecule has 1 aliphatic heterocycles. The maximum atomic E-state index is 10.8. The Morgan fingerprint density at radius 3 is 1.52 bits per heavy atom. The van der Waals surface area contributed by atoms with E-state index in [0.29, 0.717) is 32.7 Å². The van der Waals surface area contributed by atoms with Crippen LogP contribution in [0.3, 0.4) is 0 Å². The van der Waals surface area contributed by atoms with E-state index in [0.717, 1.165) is 38.5 Å². The molecule has 3 unspecified atom stereocenters. The van der Waals surface area contributed by atoms with Crippen molar-refractivity contribution < 1.29 is 73.2 Å². The topological polar surface area (TPSA) is 284 Å². The van der Waals surface area contributed by atoms with Crippen molar-refractivity contribution in [1.82, 2.24) is 26.2 Å². The minimum absolute atomic E-state index is 0.0222. The van der Waals surface area contributed by atoms with Crippen molar-refractivity contribution in [2.24, 2.45) is 0 Å². The standard InChI is InChI=1S/C8H17NO3.3C7H15NO3.C5H8NO3/c1-3-4-5-9-8(11)12-7(2)6-10;1-3-4-8-7(10)11-5-6(2)9;1-3-4-8-7(10)11-6(2)5-9;1-2-3-4-8-7(10)11-6-5-9;7-2-1-6-4-9-3-5(6)8/h7,10H,3-6H2,1-2H3,(H,9,11);2*6,9H,3-5H2,1-2H3,(H,8,10);9H,2-6H2,1H3,(H,8,10);4,7H,1-3H2/q;;;;-1. The van der Waals surface area contributed by atoms with E-state index >= 15 is 0 Å².